The first kappa shape index (κ1) is 15.3. The van der Waals surface area contributed by atoms with E-state index < -0.39 is 0 Å². The number of hydrogen-bond acceptors (Lipinski definition) is 3. The molecule has 1 aliphatic carbocycles. The highest BCUT2D eigenvalue weighted by Crippen LogP contribution is 2.29. The van der Waals surface area contributed by atoms with Gasteiger partial charge in [0.1, 0.15) is 0 Å². The van der Waals surface area contributed by atoms with E-state index in [0.717, 1.165) is 18.6 Å². The lowest BCUT2D eigenvalue weighted by atomic mass is 9.95. The first-order valence-corrected chi connectivity index (χ1v) is 8.96. The maximum Gasteiger partial charge on any atom is 0.221 e. The van der Waals surface area contributed by atoms with E-state index in [9.17, 15) is 4.79 Å². The van der Waals surface area contributed by atoms with Gasteiger partial charge in [-0.25, -0.2) is 0 Å². The van der Waals surface area contributed by atoms with Gasteiger partial charge in [-0.15, -0.1) is 0 Å². The molecule has 2 aliphatic heterocycles. The SMILES string of the molecule is CN(CCC(=O)NC1CCCCC1)C1CC2CCC(C1)N2. The zero-order valence-corrected chi connectivity index (χ0v) is 13.4. The van der Waals surface area contributed by atoms with Gasteiger partial charge in [-0.3, -0.25) is 4.79 Å². The van der Waals surface area contributed by atoms with E-state index in [-0.39, 0.29) is 5.91 Å². The van der Waals surface area contributed by atoms with Gasteiger partial charge in [-0.1, -0.05) is 19.3 Å². The molecule has 0 aromatic carbocycles. The lowest BCUT2D eigenvalue weighted by Crippen LogP contribution is -2.47. The number of amides is 1. The van der Waals surface area contributed by atoms with E-state index in [1.165, 1.54) is 57.8 Å². The average molecular weight is 293 g/mol. The summed E-state index contributed by atoms with van der Waals surface area (Å²) in [4.78, 5) is 14.5. The van der Waals surface area contributed by atoms with E-state index >= 15 is 0 Å². The summed E-state index contributed by atoms with van der Waals surface area (Å²) >= 11 is 0. The third-order valence-electron chi connectivity index (χ3n) is 5.73. The zero-order valence-electron chi connectivity index (χ0n) is 13.4. The Morgan fingerprint density at radius 1 is 1.10 bits per heavy atom. The highest BCUT2D eigenvalue weighted by Gasteiger charge is 2.34. The molecule has 4 heteroatoms. The molecular formula is C17H31N3O. The van der Waals surface area contributed by atoms with Gasteiger partial charge >= 0.3 is 0 Å². The summed E-state index contributed by atoms with van der Waals surface area (Å²) in [6.45, 7) is 0.905. The van der Waals surface area contributed by atoms with Crippen LogP contribution in [0, 0.1) is 0 Å². The largest absolute Gasteiger partial charge is 0.353 e. The van der Waals surface area contributed by atoms with Crippen molar-refractivity contribution in [1.29, 1.82) is 0 Å². The standard InChI is InChI=1S/C17H31N3O/c1-20(16-11-14-7-8-15(12-16)18-14)10-9-17(21)19-13-5-3-2-4-6-13/h13-16,18H,2-12H2,1H3,(H,19,21). The summed E-state index contributed by atoms with van der Waals surface area (Å²) in [6.07, 6.45) is 12.1. The predicted molar refractivity (Wildman–Crippen MR) is 85.2 cm³/mol. The molecule has 21 heavy (non-hydrogen) atoms. The molecule has 0 aromatic heterocycles. The molecule has 3 fully saturated rings. The Hall–Kier alpha value is -0.610. The molecule has 2 unspecified atom stereocenters. The van der Waals surface area contributed by atoms with Crippen molar-refractivity contribution in [3.05, 3.63) is 0 Å². The minimum atomic E-state index is 0.255. The van der Waals surface area contributed by atoms with Gasteiger partial charge in [0.2, 0.25) is 5.91 Å². The van der Waals surface area contributed by atoms with Crippen molar-refractivity contribution < 1.29 is 4.79 Å². The molecule has 2 bridgehead atoms. The average Bonchev–Trinajstić information content (AvgIpc) is 2.84. The van der Waals surface area contributed by atoms with E-state index in [0.29, 0.717) is 18.5 Å². The van der Waals surface area contributed by atoms with Crippen molar-refractivity contribution in [2.75, 3.05) is 13.6 Å². The van der Waals surface area contributed by atoms with E-state index in [2.05, 4.69) is 22.6 Å². The van der Waals surface area contributed by atoms with Crippen LogP contribution in [0.4, 0.5) is 0 Å². The van der Waals surface area contributed by atoms with Crippen molar-refractivity contribution in [2.24, 2.45) is 0 Å². The molecule has 120 valence electrons. The van der Waals surface area contributed by atoms with Crippen molar-refractivity contribution in [3.63, 3.8) is 0 Å². The molecular weight excluding hydrogens is 262 g/mol. The summed E-state index contributed by atoms with van der Waals surface area (Å²) in [5, 5.41) is 6.92. The van der Waals surface area contributed by atoms with Crippen molar-refractivity contribution in [2.45, 2.75) is 88.4 Å². The van der Waals surface area contributed by atoms with Gasteiger partial charge in [-0.05, 0) is 45.6 Å². The highest BCUT2D eigenvalue weighted by atomic mass is 16.1. The van der Waals surface area contributed by atoms with E-state index in [4.69, 9.17) is 0 Å². The van der Waals surface area contributed by atoms with Crippen LogP contribution in [0.25, 0.3) is 0 Å². The molecule has 3 aliphatic rings. The Morgan fingerprint density at radius 3 is 2.43 bits per heavy atom. The lowest BCUT2D eigenvalue weighted by Gasteiger charge is -2.35. The van der Waals surface area contributed by atoms with Gasteiger partial charge in [0.25, 0.3) is 0 Å². The number of nitrogens with one attached hydrogen (secondary N) is 2. The first-order valence-electron chi connectivity index (χ1n) is 8.96. The summed E-state index contributed by atoms with van der Waals surface area (Å²) in [6, 6.07) is 2.58. The first-order chi connectivity index (χ1) is 10.2. The third kappa shape index (κ3) is 4.19. The molecule has 4 nitrogen and oxygen atoms in total. The second kappa shape index (κ2) is 7.10. The van der Waals surface area contributed by atoms with Crippen LogP contribution < -0.4 is 10.6 Å². The topological polar surface area (TPSA) is 44.4 Å². The van der Waals surface area contributed by atoms with Gasteiger partial charge in [0.05, 0.1) is 0 Å². The number of rotatable bonds is 5. The molecule has 1 amide bonds. The number of piperidine rings is 1. The van der Waals surface area contributed by atoms with Crippen LogP contribution >= 0.6 is 0 Å². The van der Waals surface area contributed by atoms with E-state index in [1.807, 2.05) is 0 Å². The Balaban J connectivity index is 1.36. The minimum absolute atomic E-state index is 0.255. The number of carbonyl (C=O) groups excluding carboxylic acids is 1. The Labute approximate surface area is 129 Å². The zero-order chi connectivity index (χ0) is 14.7. The van der Waals surface area contributed by atoms with Crippen LogP contribution in [0.3, 0.4) is 0 Å². The highest BCUT2D eigenvalue weighted by molar-refractivity contribution is 5.76. The molecule has 3 rings (SSSR count). The van der Waals surface area contributed by atoms with Crippen LogP contribution in [-0.4, -0.2) is 48.6 Å². The molecule has 2 N–H and O–H groups in total. The van der Waals surface area contributed by atoms with Crippen LogP contribution in [0.15, 0.2) is 0 Å². The maximum atomic E-state index is 12.1. The van der Waals surface area contributed by atoms with Crippen molar-refractivity contribution in [3.8, 4) is 0 Å². The van der Waals surface area contributed by atoms with Crippen LogP contribution in [-0.2, 0) is 4.79 Å². The van der Waals surface area contributed by atoms with Gasteiger partial charge in [0, 0.05) is 37.1 Å². The molecule has 0 spiro atoms. The van der Waals surface area contributed by atoms with Crippen LogP contribution in [0.5, 0.6) is 0 Å². The number of carbonyl (C=O) groups is 1. The fraction of sp³-hybridized carbons (Fsp3) is 0.941. The molecule has 2 atom stereocenters. The van der Waals surface area contributed by atoms with Gasteiger partial charge in [-0.2, -0.15) is 0 Å². The van der Waals surface area contributed by atoms with Gasteiger partial charge < -0.3 is 15.5 Å². The van der Waals surface area contributed by atoms with Gasteiger partial charge in [0.15, 0.2) is 0 Å². The summed E-state index contributed by atoms with van der Waals surface area (Å²) in [5.41, 5.74) is 0. The predicted octanol–water partition coefficient (Wildman–Crippen LogP) is 2.04. The van der Waals surface area contributed by atoms with Crippen LogP contribution in [0.2, 0.25) is 0 Å². The fourth-order valence-corrected chi connectivity index (χ4v) is 4.39. The molecule has 2 saturated heterocycles. The number of hydrogen-bond donors (Lipinski definition) is 2. The molecule has 1 saturated carbocycles. The Kier molecular flexibility index (Phi) is 5.17. The number of nitrogens with zero attached hydrogens (tertiary/aromatic N) is 1. The normalized spacial score (nSPS) is 33.3. The monoisotopic (exact) mass is 293 g/mol. The second-order valence-electron chi connectivity index (χ2n) is 7.40. The van der Waals surface area contributed by atoms with E-state index in [1.54, 1.807) is 0 Å². The van der Waals surface area contributed by atoms with Crippen LogP contribution in [0.1, 0.15) is 64.2 Å². The second-order valence-corrected chi connectivity index (χ2v) is 7.40. The van der Waals surface area contributed by atoms with Crippen molar-refractivity contribution >= 4 is 5.91 Å². The summed E-state index contributed by atoms with van der Waals surface area (Å²) < 4.78 is 0. The molecule has 2 heterocycles. The van der Waals surface area contributed by atoms with Crippen molar-refractivity contribution in [1.82, 2.24) is 15.5 Å². The summed E-state index contributed by atoms with van der Waals surface area (Å²) in [7, 11) is 2.20. The fourth-order valence-electron chi connectivity index (χ4n) is 4.39. The lowest BCUT2D eigenvalue weighted by molar-refractivity contribution is -0.122. The number of fused-ring (bicyclic) bond motifs is 2. The summed E-state index contributed by atoms with van der Waals surface area (Å²) in [5.74, 6) is 0.255. The quantitative estimate of drug-likeness (QED) is 0.815. The third-order valence-corrected chi connectivity index (χ3v) is 5.73. The Morgan fingerprint density at radius 2 is 1.76 bits per heavy atom. The Bertz CT molecular complexity index is 342. The maximum absolute atomic E-state index is 12.1. The molecule has 0 aromatic rings. The minimum Gasteiger partial charge on any atom is -0.353 e. The smallest absolute Gasteiger partial charge is 0.221 e. The molecule has 0 radical (unpaired) electrons.